The summed E-state index contributed by atoms with van der Waals surface area (Å²) in [6.07, 6.45) is 7.81. The molecule has 0 atom stereocenters. The number of aromatic nitrogens is 2. The van der Waals surface area contributed by atoms with Crippen molar-refractivity contribution < 1.29 is 14.3 Å². The van der Waals surface area contributed by atoms with Crippen molar-refractivity contribution >= 4 is 29.4 Å². The number of hydrogen-bond acceptors (Lipinski definition) is 6. The number of halogens is 1. The summed E-state index contributed by atoms with van der Waals surface area (Å²) in [5, 5.41) is 0.705. The summed E-state index contributed by atoms with van der Waals surface area (Å²) in [6, 6.07) is 7.62. The molecule has 2 heterocycles. The van der Waals surface area contributed by atoms with Crippen molar-refractivity contribution in [2.45, 2.75) is 32.1 Å². The van der Waals surface area contributed by atoms with Gasteiger partial charge in [0.1, 0.15) is 0 Å². The van der Waals surface area contributed by atoms with E-state index in [2.05, 4.69) is 14.9 Å². The minimum atomic E-state index is -0.630. The van der Waals surface area contributed by atoms with Gasteiger partial charge in [-0.15, -0.1) is 0 Å². The quantitative estimate of drug-likeness (QED) is 0.663. The van der Waals surface area contributed by atoms with Crippen LogP contribution in [0.25, 0.3) is 11.1 Å². The topological polar surface area (TPSA) is 98.4 Å². The number of primary amides is 1. The molecule has 1 aromatic heterocycles. The van der Waals surface area contributed by atoms with Crippen LogP contribution in [-0.4, -0.2) is 41.5 Å². The van der Waals surface area contributed by atoms with Gasteiger partial charge in [0.05, 0.1) is 0 Å². The van der Waals surface area contributed by atoms with E-state index in [0.29, 0.717) is 17.4 Å². The molecule has 2 N–H and O–H groups in total. The first-order valence-corrected chi connectivity index (χ1v) is 10.2. The maximum Gasteiger partial charge on any atom is 0.306 e. The van der Waals surface area contributed by atoms with Gasteiger partial charge in [-0.3, -0.25) is 9.59 Å². The van der Waals surface area contributed by atoms with Gasteiger partial charge in [0.25, 0.3) is 5.91 Å². The highest BCUT2D eigenvalue weighted by Crippen LogP contribution is 2.26. The number of amides is 1. The van der Waals surface area contributed by atoms with E-state index < -0.39 is 5.91 Å². The highest BCUT2D eigenvalue weighted by molar-refractivity contribution is 6.30. The van der Waals surface area contributed by atoms with E-state index in [0.717, 1.165) is 55.8 Å². The van der Waals surface area contributed by atoms with Crippen LogP contribution in [0.15, 0.2) is 36.7 Å². The van der Waals surface area contributed by atoms with Crippen LogP contribution in [0, 0.1) is 5.92 Å². The summed E-state index contributed by atoms with van der Waals surface area (Å²) >= 11 is 5.93. The molecule has 1 aliphatic heterocycles. The molecule has 0 bridgehead atoms. The molecule has 0 unspecified atom stereocenters. The lowest BCUT2D eigenvalue weighted by molar-refractivity contribution is -0.147. The molecule has 0 spiro atoms. The Morgan fingerprint density at radius 3 is 2.38 bits per heavy atom. The van der Waals surface area contributed by atoms with Crippen LogP contribution in [0.2, 0.25) is 5.02 Å². The average molecular weight is 417 g/mol. The molecule has 29 heavy (non-hydrogen) atoms. The highest BCUT2D eigenvalue weighted by Gasteiger charge is 2.21. The van der Waals surface area contributed by atoms with Crippen LogP contribution in [0.4, 0.5) is 5.95 Å². The Kier molecular flexibility index (Phi) is 7.41. The fraction of sp³-hybridized carbons (Fsp3) is 0.429. The third-order valence-corrected chi connectivity index (χ3v) is 5.33. The summed E-state index contributed by atoms with van der Waals surface area (Å²) < 4.78 is 4.77. The minimum absolute atomic E-state index is 0.322. The van der Waals surface area contributed by atoms with Crippen LogP contribution in [0.3, 0.4) is 0 Å². The predicted molar refractivity (Wildman–Crippen MR) is 111 cm³/mol. The van der Waals surface area contributed by atoms with Crippen LogP contribution in [-0.2, 0) is 14.3 Å². The summed E-state index contributed by atoms with van der Waals surface area (Å²) in [5.74, 6) is 0.323. The first-order chi connectivity index (χ1) is 14.0. The zero-order valence-electron chi connectivity index (χ0n) is 16.2. The van der Waals surface area contributed by atoms with Gasteiger partial charge in [0.15, 0.2) is 6.61 Å². The number of rotatable bonds is 8. The molecule has 1 aromatic carbocycles. The van der Waals surface area contributed by atoms with E-state index in [9.17, 15) is 9.59 Å². The van der Waals surface area contributed by atoms with Crippen LogP contribution >= 0.6 is 11.6 Å². The Morgan fingerprint density at radius 1 is 1.10 bits per heavy atom. The van der Waals surface area contributed by atoms with Gasteiger partial charge in [-0.05, 0) is 49.3 Å². The van der Waals surface area contributed by atoms with E-state index in [1.807, 2.05) is 36.7 Å². The normalized spacial score (nSPS) is 14.6. The van der Waals surface area contributed by atoms with E-state index in [-0.39, 0.29) is 12.6 Å². The Morgan fingerprint density at radius 2 is 1.76 bits per heavy atom. The van der Waals surface area contributed by atoms with Gasteiger partial charge in [0, 0.05) is 42.5 Å². The molecule has 1 amide bonds. The second-order valence-electron chi connectivity index (χ2n) is 7.23. The van der Waals surface area contributed by atoms with Crippen molar-refractivity contribution in [3.8, 4) is 11.1 Å². The predicted octanol–water partition coefficient (Wildman–Crippen LogP) is 3.21. The second kappa shape index (κ2) is 10.2. The van der Waals surface area contributed by atoms with E-state index >= 15 is 0 Å². The summed E-state index contributed by atoms with van der Waals surface area (Å²) in [5.41, 5.74) is 6.95. The van der Waals surface area contributed by atoms with Gasteiger partial charge >= 0.3 is 5.97 Å². The summed E-state index contributed by atoms with van der Waals surface area (Å²) in [7, 11) is 0. The van der Waals surface area contributed by atoms with Gasteiger partial charge in [-0.1, -0.05) is 23.7 Å². The number of carbonyl (C=O) groups is 2. The SMILES string of the molecule is NC(=O)COC(=O)CCCC1CCN(c2ncc(-c3ccc(Cl)cc3)cn2)CC1. The lowest BCUT2D eigenvalue weighted by atomic mass is 9.92. The van der Waals surface area contributed by atoms with Crippen LogP contribution < -0.4 is 10.6 Å². The number of hydrogen-bond donors (Lipinski definition) is 1. The second-order valence-corrected chi connectivity index (χ2v) is 7.66. The monoisotopic (exact) mass is 416 g/mol. The molecule has 0 radical (unpaired) electrons. The Labute approximate surface area is 175 Å². The van der Waals surface area contributed by atoms with Crippen molar-refractivity contribution in [1.82, 2.24) is 9.97 Å². The fourth-order valence-electron chi connectivity index (χ4n) is 3.46. The summed E-state index contributed by atoms with van der Waals surface area (Å²) in [6.45, 7) is 1.46. The zero-order chi connectivity index (χ0) is 20.6. The van der Waals surface area contributed by atoms with Gasteiger partial charge in [0.2, 0.25) is 5.95 Å². The molecule has 8 heteroatoms. The number of nitrogens with two attached hydrogens (primary N) is 1. The first-order valence-electron chi connectivity index (χ1n) is 9.78. The number of piperidine rings is 1. The number of anilines is 1. The van der Waals surface area contributed by atoms with E-state index in [1.54, 1.807) is 0 Å². The fourth-order valence-corrected chi connectivity index (χ4v) is 3.58. The molecular formula is C21H25ClN4O3. The van der Waals surface area contributed by atoms with Crippen molar-refractivity contribution in [2.75, 3.05) is 24.6 Å². The van der Waals surface area contributed by atoms with Crippen LogP contribution in [0.5, 0.6) is 0 Å². The van der Waals surface area contributed by atoms with Crippen molar-refractivity contribution in [3.63, 3.8) is 0 Å². The van der Waals surface area contributed by atoms with Crippen molar-refractivity contribution in [1.29, 1.82) is 0 Å². The maximum atomic E-state index is 11.5. The molecule has 1 aliphatic rings. The minimum Gasteiger partial charge on any atom is -0.456 e. The Balaban J connectivity index is 1.41. The number of esters is 1. The largest absolute Gasteiger partial charge is 0.456 e. The lowest BCUT2D eigenvalue weighted by Gasteiger charge is -2.32. The number of benzene rings is 1. The highest BCUT2D eigenvalue weighted by atomic mass is 35.5. The molecule has 1 saturated heterocycles. The molecule has 0 aliphatic carbocycles. The third-order valence-electron chi connectivity index (χ3n) is 5.08. The smallest absolute Gasteiger partial charge is 0.306 e. The zero-order valence-corrected chi connectivity index (χ0v) is 17.0. The molecular weight excluding hydrogens is 392 g/mol. The Hall–Kier alpha value is -2.67. The number of nitrogens with zero attached hydrogens (tertiary/aromatic N) is 3. The number of ether oxygens (including phenoxy) is 1. The van der Waals surface area contributed by atoms with Gasteiger partial charge in [-0.25, -0.2) is 9.97 Å². The molecule has 3 rings (SSSR count). The molecule has 1 fully saturated rings. The third kappa shape index (κ3) is 6.42. The van der Waals surface area contributed by atoms with Crippen molar-refractivity contribution in [3.05, 3.63) is 41.7 Å². The molecule has 0 saturated carbocycles. The van der Waals surface area contributed by atoms with Gasteiger partial charge in [-0.2, -0.15) is 0 Å². The standard InChI is InChI=1S/C21H25ClN4O3/c22-18-6-4-16(5-7-18)17-12-24-21(25-13-17)26-10-8-15(9-11-26)2-1-3-20(28)29-14-19(23)27/h4-7,12-13,15H,1-3,8-11,14H2,(H2,23,27). The molecule has 7 nitrogen and oxygen atoms in total. The van der Waals surface area contributed by atoms with Gasteiger partial charge < -0.3 is 15.4 Å². The number of carbonyl (C=O) groups excluding carboxylic acids is 2. The summed E-state index contributed by atoms with van der Waals surface area (Å²) in [4.78, 5) is 33.4. The average Bonchev–Trinajstić information content (AvgIpc) is 2.73. The lowest BCUT2D eigenvalue weighted by Crippen LogP contribution is -2.34. The first kappa shape index (κ1) is 21.0. The van der Waals surface area contributed by atoms with E-state index in [1.165, 1.54) is 0 Å². The Bertz CT molecular complexity index is 819. The molecule has 154 valence electrons. The van der Waals surface area contributed by atoms with Crippen LogP contribution in [0.1, 0.15) is 32.1 Å². The maximum absolute atomic E-state index is 11.5. The molecule has 2 aromatic rings. The van der Waals surface area contributed by atoms with Crippen molar-refractivity contribution in [2.24, 2.45) is 11.7 Å². The van der Waals surface area contributed by atoms with E-state index in [4.69, 9.17) is 22.1 Å².